The lowest BCUT2D eigenvalue weighted by Gasteiger charge is -2.20. The number of amides is 1. The lowest BCUT2D eigenvalue weighted by molar-refractivity contribution is -0.131. The van der Waals surface area contributed by atoms with E-state index in [0.717, 1.165) is 32.4 Å². The van der Waals surface area contributed by atoms with Crippen molar-refractivity contribution < 1.29 is 9.18 Å². The molecule has 3 rings (SSSR count). The van der Waals surface area contributed by atoms with Crippen LogP contribution in [-0.4, -0.2) is 50.1 Å². The second-order valence-electron chi connectivity index (χ2n) is 6.39. The molecule has 0 aliphatic carbocycles. The zero-order valence-corrected chi connectivity index (χ0v) is 14.1. The molecule has 1 aliphatic heterocycles. The monoisotopic (exact) mass is 346 g/mol. The molecule has 1 aliphatic rings. The summed E-state index contributed by atoms with van der Waals surface area (Å²) >= 11 is 0. The van der Waals surface area contributed by atoms with Crippen LogP contribution < -0.4 is 5.73 Å². The molecule has 1 amide bonds. The largest absolute Gasteiger partial charge is 0.343 e. The van der Waals surface area contributed by atoms with Crippen molar-refractivity contribution in [1.82, 2.24) is 25.1 Å². The number of nitrogens with two attached hydrogens (primary N) is 1. The van der Waals surface area contributed by atoms with Gasteiger partial charge in [-0.15, -0.1) is 10.2 Å². The van der Waals surface area contributed by atoms with Crippen molar-refractivity contribution in [2.75, 3.05) is 13.1 Å². The van der Waals surface area contributed by atoms with E-state index in [4.69, 9.17) is 5.73 Å². The molecule has 7 nitrogen and oxygen atoms in total. The van der Waals surface area contributed by atoms with E-state index >= 15 is 0 Å². The maximum atomic E-state index is 12.9. The molecular weight excluding hydrogens is 323 g/mol. The minimum atomic E-state index is -0.302. The van der Waals surface area contributed by atoms with Crippen molar-refractivity contribution in [2.45, 2.75) is 44.7 Å². The van der Waals surface area contributed by atoms with Crippen molar-refractivity contribution in [2.24, 2.45) is 5.73 Å². The molecule has 1 aromatic heterocycles. The lowest BCUT2D eigenvalue weighted by Crippen LogP contribution is -2.32. The summed E-state index contributed by atoms with van der Waals surface area (Å²) in [6, 6.07) is 6.17. The Bertz CT molecular complexity index is 701. The zero-order chi connectivity index (χ0) is 17.6. The molecule has 0 spiro atoms. The predicted molar refractivity (Wildman–Crippen MR) is 90.9 cm³/mol. The zero-order valence-electron chi connectivity index (χ0n) is 14.1. The summed E-state index contributed by atoms with van der Waals surface area (Å²) < 4.78 is 12.9. The molecule has 134 valence electrons. The standard InChI is InChI=1S/C17H23FN6O/c18-14-7-5-13(6-8-14)17-20-22-24(21-17)11-2-4-16(25)23-10-1-3-15(19)9-12-23/h5-8,15H,1-4,9-12,19H2. The summed E-state index contributed by atoms with van der Waals surface area (Å²) in [5.74, 6) is 0.310. The molecule has 1 aromatic carbocycles. The van der Waals surface area contributed by atoms with Crippen molar-refractivity contribution in [3.8, 4) is 11.4 Å². The summed E-state index contributed by atoms with van der Waals surface area (Å²) in [5, 5.41) is 12.2. The molecule has 25 heavy (non-hydrogen) atoms. The first-order valence-electron chi connectivity index (χ1n) is 8.69. The lowest BCUT2D eigenvalue weighted by atomic mass is 10.1. The highest BCUT2D eigenvalue weighted by Gasteiger charge is 2.18. The highest BCUT2D eigenvalue weighted by Crippen LogP contribution is 2.14. The summed E-state index contributed by atoms with van der Waals surface area (Å²) in [6.45, 7) is 2.06. The maximum Gasteiger partial charge on any atom is 0.222 e. The van der Waals surface area contributed by atoms with Gasteiger partial charge in [-0.2, -0.15) is 4.80 Å². The smallest absolute Gasteiger partial charge is 0.222 e. The van der Waals surface area contributed by atoms with Crippen LogP contribution in [0.25, 0.3) is 11.4 Å². The summed E-state index contributed by atoms with van der Waals surface area (Å²) in [7, 11) is 0. The predicted octanol–water partition coefficient (Wildman–Crippen LogP) is 1.60. The first kappa shape index (κ1) is 17.5. The first-order chi connectivity index (χ1) is 12.1. The number of aromatic nitrogens is 4. The molecule has 0 bridgehead atoms. The van der Waals surface area contributed by atoms with E-state index < -0.39 is 0 Å². The fourth-order valence-corrected chi connectivity index (χ4v) is 2.95. The number of aryl methyl sites for hydroxylation is 1. The van der Waals surface area contributed by atoms with Crippen LogP contribution in [0.3, 0.4) is 0 Å². The Labute approximate surface area is 146 Å². The fourth-order valence-electron chi connectivity index (χ4n) is 2.95. The minimum absolute atomic E-state index is 0.160. The quantitative estimate of drug-likeness (QED) is 0.888. The van der Waals surface area contributed by atoms with Gasteiger partial charge in [0.1, 0.15) is 5.82 Å². The molecular formula is C17H23FN6O. The Morgan fingerprint density at radius 1 is 1.24 bits per heavy atom. The molecule has 0 saturated carbocycles. The van der Waals surface area contributed by atoms with Gasteiger partial charge in [0.05, 0.1) is 6.54 Å². The molecule has 1 atom stereocenters. The fraction of sp³-hybridized carbons (Fsp3) is 0.529. The number of hydrogen-bond donors (Lipinski definition) is 1. The van der Waals surface area contributed by atoms with Crippen LogP contribution in [0.2, 0.25) is 0 Å². The third kappa shape index (κ3) is 4.82. The maximum absolute atomic E-state index is 12.9. The number of likely N-dealkylation sites (tertiary alicyclic amines) is 1. The SMILES string of the molecule is NC1CCCN(C(=O)CCCn2nnc(-c3ccc(F)cc3)n2)CC1. The number of carbonyl (C=O) groups excluding carboxylic acids is 1. The Morgan fingerprint density at radius 3 is 2.84 bits per heavy atom. The number of carbonyl (C=O) groups is 1. The van der Waals surface area contributed by atoms with Crippen LogP contribution in [0.5, 0.6) is 0 Å². The van der Waals surface area contributed by atoms with E-state index in [1.165, 1.54) is 16.9 Å². The Kier molecular flexibility index (Phi) is 5.70. The molecule has 1 unspecified atom stereocenters. The van der Waals surface area contributed by atoms with Crippen LogP contribution in [0, 0.1) is 5.82 Å². The Hall–Kier alpha value is -2.35. The molecule has 1 fully saturated rings. The highest BCUT2D eigenvalue weighted by molar-refractivity contribution is 5.76. The van der Waals surface area contributed by atoms with Crippen LogP contribution in [0.4, 0.5) is 4.39 Å². The second-order valence-corrected chi connectivity index (χ2v) is 6.39. The number of benzene rings is 1. The molecule has 0 radical (unpaired) electrons. The van der Waals surface area contributed by atoms with E-state index in [9.17, 15) is 9.18 Å². The topological polar surface area (TPSA) is 89.9 Å². The van der Waals surface area contributed by atoms with Gasteiger partial charge in [-0.3, -0.25) is 4.79 Å². The van der Waals surface area contributed by atoms with Crippen LogP contribution in [0.15, 0.2) is 24.3 Å². The Morgan fingerprint density at radius 2 is 2.04 bits per heavy atom. The van der Waals surface area contributed by atoms with Gasteiger partial charge >= 0.3 is 0 Å². The van der Waals surface area contributed by atoms with E-state index in [1.807, 2.05) is 4.90 Å². The highest BCUT2D eigenvalue weighted by atomic mass is 19.1. The average Bonchev–Trinajstić information content (AvgIpc) is 2.96. The van der Waals surface area contributed by atoms with Gasteiger partial charge in [-0.05, 0) is 55.2 Å². The van der Waals surface area contributed by atoms with E-state index in [1.54, 1.807) is 12.1 Å². The molecule has 1 saturated heterocycles. The molecule has 8 heteroatoms. The third-order valence-electron chi connectivity index (χ3n) is 4.43. The summed E-state index contributed by atoms with van der Waals surface area (Å²) in [6.07, 6.45) is 3.94. The molecule has 2 heterocycles. The van der Waals surface area contributed by atoms with Gasteiger partial charge in [0.25, 0.3) is 0 Å². The number of hydrogen-bond acceptors (Lipinski definition) is 5. The van der Waals surface area contributed by atoms with E-state index in [-0.39, 0.29) is 17.8 Å². The van der Waals surface area contributed by atoms with Crippen molar-refractivity contribution in [3.63, 3.8) is 0 Å². The van der Waals surface area contributed by atoms with Crippen LogP contribution in [0.1, 0.15) is 32.1 Å². The summed E-state index contributed by atoms with van der Waals surface area (Å²) in [5.41, 5.74) is 6.66. The first-order valence-corrected chi connectivity index (χ1v) is 8.69. The normalized spacial score (nSPS) is 18.2. The second kappa shape index (κ2) is 8.15. The minimum Gasteiger partial charge on any atom is -0.343 e. The van der Waals surface area contributed by atoms with Crippen molar-refractivity contribution >= 4 is 5.91 Å². The summed E-state index contributed by atoms with van der Waals surface area (Å²) in [4.78, 5) is 15.7. The Balaban J connectivity index is 1.47. The van der Waals surface area contributed by atoms with Gasteiger partial charge < -0.3 is 10.6 Å². The van der Waals surface area contributed by atoms with Gasteiger partial charge in [0.2, 0.25) is 11.7 Å². The molecule has 2 N–H and O–H groups in total. The van der Waals surface area contributed by atoms with Gasteiger partial charge in [-0.1, -0.05) is 0 Å². The van der Waals surface area contributed by atoms with Crippen LogP contribution in [-0.2, 0) is 11.3 Å². The van der Waals surface area contributed by atoms with Gasteiger partial charge in [0, 0.05) is 31.1 Å². The van der Waals surface area contributed by atoms with Gasteiger partial charge in [0.15, 0.2) is 0 Å². The van der Waals surface area contributed by atoms with Gasteiger partial charge in [-0.25, -0.2) is 4.39 Å². The van der Waals surface area contributed by atoms with E-state index in [0.29, 0.717) is 30.8 Å². The molecule has 2 aromatic rings. The number of tetrazole rings is 1. The average molecular weight is 346 g/mol. The van der Waals surface area contributed by atoms with Crippen molar-refractivity contribution in [1.29, 1.82) is 0 Å². The number of halogens is 1. The van der Waals surface area contributed by atoms with Crippen molar-refractivity contribution in [3.05, 3.63) is 30.1 Å². The number of rotatable bonds is 5. The van der Waals surface area contributed by atoms with E-state index in [2.05, 4.69) is 15.4 Å². The van der Waals surface area contributed by atoms with Crippen LogP contribution >= 0.6 is 0 Å². The number of nitrogens with zero attached hydrogens (tertiary/aromatic N) is 5. The third-order valence-corrected chi connectivity index (χ3v) is 4.43.